The number of likely N-dealkylation sites (tertiary alicyclic amines) is 1. The molecule has 6 heteroatoms. The van der Waals surface area contributed by atoms with Crippen LogP contribution in [-0.4, -0.2) is 45.0 Å². The fourth-order valence-electron chi connectivity index (χ4n) is 3.39. The number of nitrogens with zero attached hydrogens (tertiary/aromatic N) is 4. The van der Waals surface area contributed by atoms with Gasteiger partial charge in [0.15, 0.2) is 5.65 Å². The van der Waals surface area contributed by atoms with E-state index in [1.807, 2.05) is 44.5 Å². The normalized spacial score (nSPS) is 18.8. The minimum absolute atomic E-state index is 0.128. The van der Waals surface area contributed by atoms with Crippen LogP contribution in [-0.2, 0) is 11.3 Å². The van der Waals surface area contributed by atoms with E-state index in [-0.39, 0.29) is 11.3 Å². The summed E-state index contributed by atoms with van der Waals surface area (Å²) in [5.41, 5.74) is 3.94. The first-order valence-electron chi connectivity index (χ1n) is 9.05. The van der Waals surface area contributed by atoms with Crippen molar-refractivity contribution in [1.82, 2.24) is 24.8 Å². The molecule has 2 aromatic rings. The molecule has 1 aliphatic rings. The van der Waals surface area contributed by atoms with Gasteiger partial charge in [0.1, 0.15) is 0 Å². The zero-order chi connectivity index (χ0) is 18.2. The average molecular weight is 343 g/mol. The maximum Gasteiger partial charge on any atom is 0.225 e. The Morgan fingerprint density at radius 1 is 1.36 bits per heavy atom. The van der Waals surface area contributed by atoms with Crippen LogP contribution in [0.3, 0.4) is 0 Å². The number of fused-ring (bicyclic) bond motifs is 1. The lowest BCUT2D eigenvalue weighted by Gasteiger charge is -2.20. The first-order valence-corrected chi connectivity index (χ1v) is 9.05. The summed E-state index contributed by atoms with van der Waals surface area (Å²) in [5.74, 6) is 0.647. The summed E-state index contributed by atoms with van der Waals surface area (Å²) in [6, 6.07) is 2.05. The molecule has 1 N–H and O–H groups in total. The van der Waals surface area contributed by atoms with Gasteiger partial charge in [0.2, 0.25) is 5.91 Å². The van der Waals surface area contributed by atoms with Crippen LogP contribution < -0.4 is 5.32 Å². The van der Waals surface area contributed by atoms with Crippen molar-refractivity contribution in [1.29, 1.82) is 0 Å². The highest BCUT2D eigenvalue weighted by Crippen LogP contribution is 2.21. The number of nitrogens with one attached hydrogen (secondary N) is 1. The first kappa shape index (κ1) is 17.9. The van der Waals surface area contributed by atoms with Crippen LogP contribution >= 0.6 is 0 Å². The second-order valence-electron chi connectivity index (χ2n) is 8.29. The Balaban J connectivity index is 1.60. The van der Waals surface area contributed by atoms with E-state index in [1.165, 1.54) is 5.56 Å². The minimum Gasteiger partial charge on any atom is -0.355 e. The van der Waals surface area contributed by atoms with Gasteiger partial charge in [-0.15, -0.1) is 0 Å². The molecule has 3 heterocycles. The highest BCUT2D eigenvalue weighted by Gasteiger charge is 2.26. The summed E-state index contributed by atoms with van der Waals surface area (Å²) in [7, 11) is 0. The van der Waals surface area contributed by atoms with Crippen molar-refractivity contribution in [2.24, 2.45) is 11.3 Å². The molecule has 0 radical (unpaired) electrons. The Morgan fingerprint density at radius 3 is 2.84 bits per heavy atom. The van der Waals surface area contributed by atoms with E-state index >= 15 is 0 Å². The molecular weight excluding hydrogens is 314 g/mol. The van der Waals surface area contributed by atoms with Gasteiger partial charge in [-0.2, -0.15) is 5.10 Å². The van der Waals surface area contributed by atoms with Crippen LogP contribution in [0.15, 0.2) is 12.3 Å². The Bertz CT molecular complexity index is 774. The number of hydrogen-bond acceptors (Lipinski definition) is 4. The molecule has 0 spiro atoms. The molecule has 6 nitrogen and oxygen atoms in total. The molecule has 1 atom stereocenters. The maximum absolute atomic E-state index is 12.0. The molecule has 1 fully saturated rings. The quantitative estimate of drug-likeness (QED) is 0.925. The van der Waals surface area contributed by atoms with Crippen molar-refractivity contribution in [3.8, 4) is 0 Å². The summed E-state index contributed by atoms with van der Waals surface area (Å²) in [5, 5.41) is 7.57. The summed E-state index contributed by atoms with van der Waals surface area (Å²) in [6.07, 6.45) is 3.05. The van der Waals surface area contributed by atoms with Crippen LogP contribution in [0.1, 0.15) is 44.1 Å². The minimum atomic E-state index is -0.323. The van der Waals surface area contributed by atoms with Crippen LogP contribution in [0, 0.1) is 25.2 Å². The molecule has 25 heavy (non-hydrogen) atoms. The molecule has 1 amide bonds. The number of aromatic nitrogens is 3. The topological polar surface area (TPSA) is 62.5 Å². The van der Waals surface area contributed by atoms with Gasteiger partial charge in [-0.25, -0.2) is 9.50 Å². The van der Waals surface area contributed by atoms with Crippen molar-refractivity contribution < 1.29 is 4.79 Å². The zero-order valence-corrected chi connectivity index (χ0v) is 16.0. The third-order valence-electron chi connectivity index (χ3n) is 4.85. The highest BCUT2D eigenvalue weighted by molar-refractivity contribution is 5.81. The summed E-state index contributed by atoms with van der Waals surface area (Å²) in [4.78, 5) is 19.1. The van der Waals surface area contributed by atoms with Crippen molar-refractivity contribution in [2.45, 2.75) is 47.6 Å². The number of aryl methyl sites for hydroxylation is 2. The molecule has 1 saturated heterocycles. The van der Waals surface area contributed by atoms with E-state index in [2.05, 4.69) is 27.2 Å². The highest BCUT2D eigenvalue weighted by atomic mass is 16.2. The summed E-state index contributed by atoms with van der Waals surface area (Å²) < 4.78 is 1.92. The number of hydrogen-bond donors (Lipinski definition) is 1. The molecular formula is C19H29N5O. The van der Waals surface area contributed by atoms with Gasteiger partial charge in [-0.3, -0.25) is 9.69 Å². The van der Waals surface area contributed by atoms with Crippen molar-refractivity contribution in [3.63, 3.8) is 0 Å². The second-order valence-corrected chi connectivity index (χ2v) is 8.29. The Labute approximate surface area is 149 Å². The van der Waals surface area contributed by atoms with Crippen molar-refractivity contribution >= 4 is 11.6 Å². The fourth-order valence-corrected chi connectivity index (χ4v) is 3.39. The van der Waals surface area contributed by atoms with E-state index in [0.29, 0.717) is 5.92 Å². The number of carbonyl (C=O) groups is 1. The van der Waals surface area contributed by atoms with Crippen molar-refractivity contribution in [2.75, 3.05) is 19.6 Å². The number of rotatable bonds is 4. The molecule has 0 aromatic carbocycles. The molecule has 1 unspecified atom stereocenters. The smallest absolute Gasteiger partial charge is 0.225 e. The van der Waals surface area contributed by atoms with Gasteiger partial charge in [0.05, 0.1) is 6.20 Å². The van der Waals surface area contributed by atoms with E-state index < -0.39 is 0 Å². The fraction of sp³-hybridized carbons (Fsp3) is 0.632. The van der Waals surface area contributed by atoms with Crippen LogP contribution in [0.25, 0.3) is 5.65 Å². The van der Waals surface area contributed by atoms with E-state index in [1.54, 1.807) is 0 Å². The average Bonchev–Trinajstić information content (AvgIpc) is 3.12. The van der Waals surface area contributed by atoms with E-state index in [9.17, 15) is 4.79 Å². The lowest BCUT2D eigenvalue weighted by Crippen LogP contribution is -2.38. The van der Waals surface area contributed by atoms with Gasteiger partial charge in [0, 0.05) is 42.0 Å². The molecule has 1 aliphatic heterocycles. The van der Waals surface area contributed by atoms with Gasteiger partial charge in [-0.1, -0.05) is 20.8 Å². The Kier molecular flexibility index (Phi) is 4.82. The largest absolute Gasteiger partial charge is 0.355 e. The molecule has 0 saturated carbocycles. The second kappa shape index (κ2) is 6.75. The molecule has 0 aliphatic carbocycles. The lowest BCUT2D eigenvalue weighted by atomic mass is 9.95. The predicted octanol–water partition coefficient (Wildman–Crippen LogP) is 2.33. The Morgan fingerprint density at radius 2 is 2.12 bits per heavy atom. The summed E-state index contributed by atoms with van der Waals surface area (Å²) >= 11 is 0. The van der Waals surface area contributed by atoms with Gasteiger partial charge in [-0.05, 0) is 38.8 Å². The predicted molar refractivity (Wildman–Crippen MR) is 98.3 cm³/mol. The van der Waals surface area contributed by atoms with Gasteiger partial charge < -0.3 is 5.32 Å². The number of amides is 1. The standard InChI is InChI=1S/C19H29N5O/c1-13-8-14(2)24-17(22-13)16(10-21-24)12-23-7-6-15(11-23)9-20-18(25)19(3,4)5/h8,10,15H,6-7,9,11-12H2,1-5H3,(H,20,25). The summed E-state index contributed by atoms with van der Waals surface area (Å²) in [6.45, 7) is 13.6. The van der Waals surface area contributed by atoms with Gasteiger partial charge in [0.25, 0.3) is 0 Å². The van der Waals surface area contributed by atoms with Gasteiger partial charge >= 0.3 is 0 Å². The lowest BCUT2D eigenvalue weighted by molar-refractivity contribution is -0.128. The monoisotopic (exact) mass is 343 g/mol. The van der Waals surface area contributed by atoms with Crippen LogP contribution in [0.5, 0.6) is 0 Å². The maximum atomic E-state index is 12.0. The third kappa shape index (κ3) is 4.00. The van der Waals surface area contributed by atoms with Crippen molar-refractivity contribution in [3.05, 3.63) is 29.2 Å². The van der Waals surface area contributed by atoms with Crippen LogP contribution in [0.2, 0.25) is 0 Å². The zero-order valence-electron chi connectivity index (χ0n) is 16.0. The first-order chi connectivity index (χ1) is 11.7. The molecule has 136 valence electrons. The SMILES string of the molecule is Cc1cc(C)n2ncc(CN3CCC(CNC(=O)C(C)(C)C)C3)c2n1. The van der Waals surface area contributed by atoms with Crippen LogP contribution in [0.4, 0.5) is 0 Å². The van der Waals surface area contributed by atoms with E-state index in [4.69, 9.17) is 0 Å². The van der Waals surface area contributed by atoms with E-state index in [0.717, 1.165) is 49.6 Å². The molecule has 0 bridgehead atoms. The molecule has 3 rings (SSSR count). The number of carbonyl (C=O) groups excluding carboxylic acids is 1. The third-order valence-corrected chi connectivity index (χ3v) is 4.85. The Hall–Kier alpha value is -1.95. The molecule has 2 aromatic heterocycles.